The number of benzene rings is 1. The first-order chi connectivity index (χ1) is 22.4. The largest absolute Gasteiger partial charge is 0.504 e. The van der Waals surface area contributed by atoms with Crippen LogP contribution < -0.4 is 26.8 Å². The highest BCUT2D eigenvalue weighted by Crippen LogP contribution is 2.37. The van der Waals surface area contributed by atoms with Crippen molar-refractivity contribution in [2.75, 3.05) is 26.2 Å². The number of carbonyl (C=O) groups excluding carboxylic acids is 4. The third-order valence-electron chi connectivity index (χ3n) is 10.2. The number of carbonyl (C=O) groups is 4. The van der Waals surface area contributed by atoms with Crippen LogP contribution in [0.2, 0.25) is 0 Å². The van der Waals surface area contributed by atoms with Gasteiger partial charge < -0.3 is 41.7 Å². The monoisotopic (exact) mass is 656 g/mol. The van der Waals surface area contributed by atoms with Gasteiger partial charge >= 0.3 is 5.97 Å². The Balaban J connectivity index is 1.37. The van der Waals surface area contributed by atoms with Crippen LogP contribution in [0.4, 0.5) is 0 Å². The molecule has 1 aromatic carbocycles. The molecule has 5 atom stereocenters. The van der Waals surface area contributed by atoms with Crippen LogP contribution in [0.15, 0.2) is 12.1 Å². The van der Waals surface area contributed by atoms with Crippen molar-refractivity contribution in [2.24, 2.45) is 17.4 Å². The Kier molecular flexibility index (Phi) is 12.7. The van der Waals surface area contributed by atoms with Crippen LogP contribution >= 0.6 is 0 Å². The van der Waals surface area contributed by atoms with E-state index >= 15 is 0 Å². The minimum Gasteiger partial charge on any atom is -0.504 e. The highest BCUT2D eigenvalue weighted by Gasteiger charge is 2.41. The minimum atomic E-state index is -0.919. The lowest BCUT2D eigenvalue weighted by atomic mass is 9.85. The number of nitrogens with two attached hydrogens (primary N) is 2. The zero-order valence-electron chi connectivity index (χ0n) is 28.7. The van der Waals surface area contributed by atoms with Gasteiger partial charge in [0.2, 0.25) is 17.7 Å². The first-order valence-corrected chi connectivity index (χ1v) is 17.6. The molecule has 262 valence electrons. The molecule has 3 amide bonds. The molecule has 3 aliphatic heterocycles. The minimum absolute atomic E-state index is 0.000595. The molecule has 0 aromatic heterocycles. The summed E-state index contributed by atoms with van der Waals surface area (Å²) in [5.41, 5.74) is 13.9. The van der Waals surface area contributed by atoms with E-state index in [2.05, 4.69) is 17.6 Å². The molecule has 3 heterocycles. The van der Waals surface area contributed by atoms with E-state index < -0.39 is 42.0 Å². The third kappa shape index (κ3) is 8.63. The van der Waals surface area contributed by atoms with Gasteiger partial charge in [0.25, 0.3) is 0 Å². The molecule has 0 bridgehead atoms. The summed E-state index contributed by atoms with van der Waals surface area (Å²) in [6.07, 6.45) is 8.47. The molecule has 7 N–H and O–H groups in total. The number of unbranched alkanes of at least 4 members (excludes halogenated alkanes) is 2. The lowest BCUT2D eigenvalue weighted by Gasteiger charge is -2.34. The van der Waals surface area contributed by atoms with Gasteiger partial charge in [-0.2, -0.15) is 0 Å². The van der Waals surface area contributed by atoms with Crippen LogP contribution in [-0.2, 0) is 31.1 Å². The Bertz CT molecular complexity index is 1290. The first kappa shape index (κ1) is 36.6. The number of fused-ring (bicyclic) bond motifs is 1. The number of hydrogen-bond donors (Lipinski definition) is 5. The molecule has 2 unspecified atom stereocenters. The van der Waals surface area contributed by atoms with Gasteiger partial charge in [-0.05, 0) is 114 Å². The van der Waals surface area contributed by atoms with Gasteiger partial charge in [0, 0.05) is 18.6 Å². The standard InChI is InChI=1S/C35H56N6O6/c1-5-6-7-11-23(12-8-16-36)30(37)33(45)40-18-9-13-26(40)31(43)39-22(2)32(44)41-19-10-14-27(41)34(46)47-29-21-25-24(20-28(29)42)15-17-38-35(25,3)4/h20-23,26-27,30,38,42H,5-19,36-37H2,1-4H3,(H,39,43)/t22-,23?,26-,27-,30?/m0/s1. The summed E-state index contributed by atoms with van der Waals surface area (Å²) in [7, 11) is 0. The summed E-state index contributed by atoms with van der Waals surface area (Å²) in [6.45, 7) is 9.89. The zero-order chi connectivity index (χ0) is 34.3. The topological polar surface area (TPSA) is 180 Å². The maximum atomic E-state index is 13.6. The Morgan fingerprint density at radius 3 is 2.38 bits per heavy atom. The molecule has 2 fully saturated rings. The van der Waals surface area contributed by atoms with Crippen LogP contribution in [0.5, 0.6) is 11.5 Å². The first-order valence-electron chi connectivity index (χ1n) is 17.6. The Morgan fingerprint density at radius 1 is 1.04 bits per heavy atom. The molecule has 0 spiro atoms. The van der Waals surface area contributed by atoms with E-state index in [-0.39, 0.29) is 28.9 Å². The summed E-state index contributed by atoms with van der Waals surface area (Å²) in [5, 5.41) is 16.9. The number of likely N-dealkylation sites (tertiary alicyclic amines) is 2. The van der Waals surface area contributed by atoms with Gasteiger partial charge in [-0.1, -0.05) is 26.2 Å². The second-order valence-electron chi connectivity index (χ2n) is 14.0. The van der Waals surface area contributed by atoms with E-state index in [0.717, 1.165) is 62.6 Å². The molecular formula is C35H56N6O6. The van der Waals surface area contributed by atoms with Gasteiger partial charge in [0.15, 0.2) is 11.5 Å². The summed E-state index contributed by atoms with van der Waals surface area (Å²) in [4.78, 5) is 57.0. The number of phenolic OH excluding ortho intramolecular Hbond substituents is 1. The van der Waals surface area contributed by atoms with Crippen molar-refractivity contribution in [1.82, 2.24) is 20.4 Å². The molecule has 0 saturated carbocycles. The normalized spacial score (nSPS) is 22.3. The van der Waals surface area contributed by atoms with E-state index in [4.69, 9.17) is 16.2 Å². The van der Waals surface area contributed by atoms with Crippen LogP contribution in [-0.4, -0.2) is 88.9 Å². The molecule has 12 nitrogen and oxygen atoms in total. The predicted octanol–water partition coefficient (Wildman–Crippen LogP) is 2.43. The van der Waals surface area contributed by atoms with Gasteiger partial charge in [0.1, 0.15) is 18.1 Å². The van der Waals surface area contributed by atoms with Crippen molar-refractivity contribution >= 4 is 23.7 Å². The second kappa shape index (κ2) is 16.3. The maximum Gasteiger partial charge on any atom is 0.334 e. The van der Waals surface area contributed by atoms with Crippen molar-refractivity contribution in [3.8, 4) is 11.5 Å². The van der Waals surface area contributed by atoms with E-state index in [1.165, 1.54) is 4.90 Å². The molecular weight excluding hydrogens is 600 g/mol. The zero-order valence-corrected chi connectivity index (χ0v) is 28.7. The molecule has 2 saturated heterocycles. The van der Waals surface area contributed by atoms with Crippen molar-refractivity contribution in [1.29, 1.82) is 0 Å². The SMILES string of the molecule is CCCCCC(CCCN)C(N)C(=O)N1CCC[C@H]1C(=O)N[C@@H](C)C(=O)N1CCC[C@H]1C(=O)Oc1cc2c(cc1O)CCNC2(C)C. The third-order valence-corrected chi connectivity index (χ3v) is 10.2. The predicted molar refractivity (Wildman–Crippen MR) is 179 cm³/mol. The molecule has 12 heteroatoms. The smallest absolute Gasteiger partial charge is 0.334 e. The molecule has 0 aliphatic carbocycles. The van der Waals surface area contributed by atoms with Crippen LogP contribution in [0.3, 0.4) is 0 Å². The van der Waals surface area contributed by atoms with Gasteiger partial charge in [-0.3, -0.25) is 14.4 Å². The average Bonchev–Trinajstić information content (AvgIpc) is 3.73. The van der Waals surface area contributed by atoms with Crippen molar-refractivity contribution in [3.05, 3.63) is 23.3 Å². The van der Waals surface area contributed by atoms with E-state index in [1.54, 1.807) is 24.0 Å². The van der Waals surface area contributed by atoms with Crippen molar-refractivity contribution in [2.45, 2.75) is 128 Å². The maximum absolute atomic E-state index is 13.6. The number of esters is 1. The Labute approximate surface area is 279 Å². The average molecular weight is 657 g/mol. The number of nitrogens with zero attached hydrogens (tertiary/aromatic N) is 2. The van der Waals surface area contributed by atoms with Crippen LogP contribution in [0.1, 0.15) is 103 Å². The van der Waals surface area contributed by atoms with Gasteiger partial charge in [-0.25, -0.2) is 4.79 Å². The highest BCUT2D eigenvalue weighted by atomic mass is 16.5. The second-order valence-corrected chi connectivity index (χ2v) is 14.0. The number of phenols is 1. The van der Waals surface area contributed by atoms with E-state index in [1.807, 2.05) is 13.8 Å². The van der Waals surface area contributed by atoms with E-state index in [9.17, 15) is 24.3 Å². The number of aromatic hydroxyl groups is 1. The highest BCUT2D eigenvalue weighted by molar-refractivity contribution is 5.94. The quantitative estimate of drug-likeness (QED) is 0.114. The van der Waals surface area contributed by atoms with Crippen LogP contribution in [0, 0.1) is 5.92 Å². The fraction of sp³-hybridized carbons (Fsp3) is 0.714. The molecule has 3 aliphatic rings. The molecule has 4 rings (SSSR count). The van der Waals surface area contributed by atoms with Crippen molar-refractivity contribution in [3.63, 3.8) is 0 Å². The van der Waals surface area contributed by atoms with E-state index in [0.29, 0.717) is 45.3 Å². The van der Waals surface area contributed by atoms with Gasteiger partial charge in [-0.15, -0.1) is 0 Å². The Morgan fingerprint density at radius 2 is 1.70 bits per heavy atom. The van der Waals surface area contributed by atoms with Gasteiger partial charge in [0.05, 0.1) is 6.04 Å². The molecule has 47 heavy (non-hydrogen) atoms. The number of hydrogen-bond acceptors (Lipinski definition) is 9. The number of nitrogens with one attached hydrogen (secondary N) is 2. The van der Waals surface area contributed by atoms with Crippen molar-refractivity contribution < 1.29 is 29.0 Å². The lowest BCUT2D eigenvalue weighted by Crippen LogP contribution is -2.56. The number of amides is 3. The molecule has 1 aromatic rings. The lowest BCUT2D eigenvalue weighted by molar-refractivity contribution is -0.148. The molecule has 0 radical (unpaired) electrons. The number of rotatable bonds is 14. The summed E-state index contributed by atoms with van der Waals surface area (Å²) in [5.74, 6) is -1.71. The van der Waals surface area contributed by atoms with Crippen LogP contribution in [0.25, 0.3) is 0 Å². The fourth-order valence-electron chi connectivity index (χ4n) is 7.40. The number of ether oxygens (including phenoxy) is 1. The fourth-order valence-corrected chi connectivity index (χ4v) is 7.40. The Hall–Kier alpha value is -3.22. The summed E-state index contributed by atoms with van der Waals surface area (Å²) < 4.78 is 5.69. The summed E-state index contributed by atoms with van der Waals surface area (Å²) >= 11 is 0. The summed E-state index contributed by atoms with van der Waals surface area (Å²) in [6, 6.07) is 0.164.